The average molecular weight is 666 g/mol. The Labute approximate surface area is 235 Å². The summed E-state index contributed by atoms with van der Waals surface area (Å²) in [7, 11) is 0. The van der Waals surface area contributed by atoms with Crippen molar-refractivity contribution in [3.05, 3.63) is 122 Å². The van der Waals surface area contributed by atoms with E-state index >= 15 is 0 Å². The Balaban J connectivity index is 0.00000242. The van der Waals surface area contributed by atoms with Crippen LogP contribution in [0.25, 0.3) is 39.2 Å². The van der Waals surface area contributed by atoms with Gasteiger partial charge in [0.2, 0.25) is 0 Å². The van der Waals surface area contributed by atoms with Gasteiger partial charge in [-0.15, -0.1) is 46.6 Å². The molecule has 38 heavy (non-hydrogen) atoms. The van der Waals surface area contributed by atoms with Gasteiger partial charge in [-0.05, 0) is 17.4 Å². The maximum absolute atomic E-state index is 4.60. The molecule has 0 amide bonds. The van der Waals surface area contributed by atoms with Gasteiger partial charge in [0.25, 0.3) is 0 Å². The van der Waals surface area contributed by atoms with E-state index in [1.54, 1.807) is 10.9 Å². The smallest absolute Gasteiger partial charge is 0.413 e. The van der Waals surface area contributed by atoms with E-state index in [1.165, 1.54) is 22.1 Å². The Morgan fingerprint density at radius 3 is 2.00 bits per heavy atom. The molecule has 2 aromatic heterocycles. The first-order valence-corrected chi connectivity index (χ1v) is 12.3. The van der Waals surface area contributed by atoms with Crippen LogP contribution in [-0.4, -0.2) is 26.8 Å². The molecule has 6 aromatic rings. The Morgan fingerprint density at radius 1 is 0.632 bits per heavy atom. The van der Waals surface area contributed by atoms with E-state index in [2.05, 4.69) is 105 Å². The summed E-state index contributed by atoms with van der Waals surface area (Å²) in [4.78, 5) is 6.99. The summed E-state index contributed by atoms with van der Waals surface area (Å²) < 4.78 is 1.75. The summed E-state index contributed by atoms with van der Waals surface area (Å²) >= 11 is 0. The van der Waals surface area contributed by atoms with Crippen molar-refractivity contribution in [1.29, 1.82) is 0 Å². The molecule has 7 heteroatoms. The van der Waals surface area contributed by atoms with E-state index in [9.17, 15) is 0 Å². The summed E-state index contributed by atoms with van der Waals surface area (Å²) in [5.74, 6) is 0. The third-order valence-corrected chi connectivity index (χ3v) is 7.28. The quantitative estimate of drug-likeness (QED) is 0.196. The van der Waals surface area contributed by atoms with Crippen LogP contribution in [0.3, 0.4) is 0 Å². The molecule has 0 saturated carbocycles. The van der Waals surface area contributed by atoms with Gasteiger partial charge >= 0.3 is 27.9 Å². The molecule has 180 valence electrons. The summed E-state index contributed by atoms with van der Waals surface area (Å²) in [5, 5.41) is 8.22. The molecule has 0 saturated heterocycles. The predicted molar refractivity (Wildman–Crippen MR) is 147 cm³/mol. The van der Waals surface area contributed by atoms with E-state index in [0.717, 1.165) is 39.4 Å². The number of nitrogens with zero attached hydrogens (tertiary/aromatic N) is 5. The fourth-order valence-electron chi connectivity index (χ4n) is 5.69. The Kier molecular flexibility index (Phi) is 5.38. The largest absolute Gasteiger partial charge is 2.00 e. The van der Waals surface area contributed by atoms with Crippen molar-refractivity contribution < 1.29 is 21.1 Å². The minimum Gasteiger partial charge on any atom is -0.413 e. The number of rotatable bonds is 2. The first kappa shape index (κ1) is 22.9. The molecule has 2 aliphatic heterocycles. The molecule has 0 spiro atoms. The number of hydrogen-bond acceptors (Lipinski definition) is 4. The van der Waals surface area contributed by atoms with Crippen molar-refractivity contribution in [2.24, 2.45) is 0 Å². The van der Waals surface area contributed by atoms with Crippen LogP contribution in [0, 0.1) is 12.1 Å². The summed E-state index contributed by atoms with van der Waals surface area (Å²) in [6.45, 7) is -0.00937. The molecule has 2 aliphatic rings. The van der Waals surface area contributed by atoms with Crippen molar-refractivity contribution in [3.63, 3.8) is 0 Å². The second-order valence-electron chi connectivity index (χ2n) is 9.25. The van der Waals surface area contributed by atoms with Crippen molar-refractivity contribution in [2.75, 3.05) is 4.81 Å². The van der Waals surface area contributed by atoms with Gasteiger partial charge in [-0.25, -0.2) is 4.68 Å². The van der Waals surface area contributed by atoms with Gasteiger partial charge in [0.05, 0.1) is 6.20 Å². The maximum atomic E-state index is 4.60. The van der Waals surface area contributed by atoms with Crippen molar-refractivity contribution in [2.45, 2.75) is 0 Å². The molecule has 8 rings (SSSR count). The topological polar surface area (TPSA) is 46.8 Å². The van der Waals surface area contributed by atoms with E-state index in [-0.39, 0.29) is 27.9 Å². The fraction of sp³-hybridized carbons (Fsp3) is 0. The molecule has 5 nitrogen and oxygen atoms in total. The van der Waals surface area contributed by atoms with E-state index in [4.69, 9.17) is 0 Å². The van der Waals surface area contributed by atoms with Crippen LogP contribution >= 0.6 is 0 Å². The van der Waals surface area contributed by atoms with Gasteiger partial charge in [0, 0.05) is 12.4 Å². The zero-order chi connectivity index (χ0) is 24.3. The number of hydrogen-bond donors (Lipinski definition) is 0. The zero-order valence-corrected chi connectivity index (χ0v) is 22.3. The molecule has 4 heterocycles. The number of aromatic nitrogens is 4. The molecule has 4 aromatic carbocycles. The van der Waals surface area contributed by atoms with Gasteiger partial charge in [0.15, 0.2) is 0 Å². The standard InChI is InChI=1S/C31H18BN5.Pt/c1-3-9-27-23(7-1)25-14-12-21(29-11-5-6-16-33-29)19-30(25)37-31-20-22(36-18-17-34-35-36)13-15-26(31)24-8-2-4-10-28(24)32(27)37;/h1-18H;/q-2;+2. The van der Waals surface area contributed by atoms with Gasteiger partial charge in [-0.3, -0.25) is 0 Å². The van der Waals surface area contributed by atoms with Gasteiger partial charge in [-0.2, -0.15) is 6.07 Å². The SMILES string of the molecule is [Pt+2].[c-]1c(-c2ccccn2)ccc2c1N1B(c3ccccc3-2)c2ccccc2-c2ccc(-n3ccnn3)[c-]c21. The average Bonchev–Trinajstić information content (AvgIpc) is 3.52. The molecule has 0 fully saturated rings. The van der Waals surface area contributed by atoms with Gasteiger partial charge < -0.3 is 9.79 Å². The fourth-order valence-corrected chi connectivity index (χ4v) is 5.69. The second kappa shape index (κ2) is 8.93. The minimum atomic E-state index is -0.00937. The molecule has 0 radical (unpaired) electrons. The Bertz CT molecular complexity index is 1800. The van der Waals surface area contributed by atoms with Crippen LogP contribution in [0.5, 0.6) is 0 Å². The Morgan fingerprint density at radius 2 is 1.32 bits per heavy atom. The first-order chi connectivity index (χ1) is 18.4. The van der Waals surface area contributed by atoms with Crippen molar-refractivity contribution in [1.82, 2.24) is 20.0 Å². The molecular formula is C31H18BN5Pt. The first-order valence-electron chi connectivity index (χ1n) is 12.3. The summed E-state index contributed by atoms with van der Waals surface area (Å²) in [5.41, 5.74) is 12.0. The number of anilines is 2. The monoisotopic (exact) mass is 666 g/mol. The summed E-state index contributed by atoms with van der Waals surface area (Å²) in [6.07, 6.45) is 5.35. The van der Waals surface area contributed by atoms with E-state index in [0.29, 0.717) is 0 Å². The van der Waals surface area contributed by atoms with Crippen LogP contribution in [0.15, 0.2) is 110 Å². The second-order valence-corrected chi connectivity index (χ2v) is 9.25. The molecule has 0 unspecified atom stereocenters. The van der Waals surface area contributed by atoms with E-state index < -0.39 is 0 Å². The third kappa shape index (κ3) is 3.34. The Hall–Kier alpha value is -4.28. The van der Waals surface area contributed by atoms with Crippen LogP contribution in [0.4, 0.5) is 11.4 Å². The van der Waals surface area contributed by atoms with Crippen LogP contribution < -0.4 is 15.7 Å². The molecule has 0 bridgehead atoms. The third-order valence-electron chi connectivity index (χ3n) is 7.28. The number of benzene rings is 4. The van der Waals surface area contributed by atoms with Gasteiger partial charge in [0.1, 0.15) is 0 Å². The van der Waals surface area contributed by atoms with Crippen LogP contribution in [0.2, 0.25) is 0 Å². The van der Waals surface area contributed by atoms with E-state index in [1.807, 2.05) is 30.6 Å². The predicted octanol–water partition coefficient (Wildman–Crippen LogP) is 4.83. The van der Waals surface area contributed by atoms with Crippen molar-refractivity contribution >= 4 is 29.1 Å². The van der Waals surface area contributed by atoms with Crippen LogP contribution in [0.1, 0.15) is 0 Å². The van der Waals surface area contributed by atoms with Crippen molar-refractivity contribution in [3.8, 4) is 39.2 Å². The molecule has 0 N–H and O–H groups in total. The molecular weight excluding hydrogens is 648 g/mol. The zero-order valence-electron chi connectivity index (χ0n) is 20.0. The number of fused-ring (bicyclic) bond motifs is 11. The maximum Gasteiger partial charge on any atom is 2.00 e. The van der Waals surface area contributed by atoms with Gasteiger partial charge in [-0.1, -0.05) is 105 Å². The number of pyridine rings is 1. The summed E-state index contributed by atoms with van der Waals surface area (Å²) in [6, 6.07) is 39.3. The molecule has 0 aliphatic carbocycles. The van der Waals surface area contributed by atoms with Crippen LogP contribution in [-0.2, 0) is 21.1 Å². The normalized spacial score (nSPS) is 12.4. The minimum absolute atomic E-state index is 0. The molecule has 0 atom stereocenters.